The minimum absolute atomic E-state index is 0.145. The molecule has 5 heteroatoms. The minimum atomic E-state index is -0.575. The Labute approximate surface area is 99.5 Å². The molecule has 1 heterocycles. The van der Waals surface area contributed by atoms with Crippen LogP contribution in [0.25, 0.3) is 5.57 Å². The van der Waals surface area contributed by atoms with Gasteiger partial charge in [-0.3, -0.25) is 9.78 Å². The van der Waals surface area contributed by atoms with E-state index in [-0.39, 0.29) is 11.6 Å². The van der Waals surface area contributed by atoms with Gasteiger partial charge < -0.3 is 10.1 Å². The summed E-state index contributed by atoms with van der Waals surface area (Å²) >= 11 is 0. The molecule has 1 rings (SSSR count). The number of nitrogens with one attached hydrogen (secondary N) is 1. The molecule has 0 aliphatic rings. The second-order valence-electron chi connectivity index (χ2n) is 3.41. The number of pyridine rings is 1. The van der Waals surface area contributed by atoms with E-state index in [0.717, 1.165) is 5.56 Å². The number of allylic oxidation sites excluding steroid dienone is 1. The van der Waals surface area contributed by atoms with Gasteiger partial charge in [0, 0.05) is 19.3 Å². The largest absolute Gasteiger partial charge is 0.464 e. The van der Waals surface area contributed by atoms with Crippen molar-refractivity contribution in [2.45, 2.75) is 13.8 Å². The van der Waals surface area contributed by atoms with Gasteiger partial charge in [0.15, 0.2) is 0 Å². The third-order valence-electron chi connectivity index (χ3n) is 2.18. The summed E-state index contributed by atoms with van der Waals surface area (Å²) in [6, 6.07) is 3.50. The molecule has 0 saturated carbocycles. The molecule has 0 fully saturated rings. The Balaban J connectivity index is 3.18. The molecule has 0 aliphatic heterocycles. The molecule has 0 radical (unpaired) electrons. The van der Waals surface area contributed by atoms with Gasteiger partial charge in [-0.1, -0.05) is 0 Å². The zero-order valence-corrected chi connectivity index (χ0v) is 9.98. The molecule has 1 aromatic rings. The average molecular weight is 234 g/mol. The van der Waals surface area contributed by atoms with E-state index in [2.05, 4.69) is 15.0 Å². The number of ether oxygens (including phenoxy) is 1. The summed E-state index contributed by atoms with van der Waals surface area (Å²) in [6.45, 7) is 3.07. The normalized spacial score (nSPS) is 11.5. The third-order valence-corrected chi connectivity index (χ3v) is 2.18. The molecule has 0 aromatic carbocycles. The summed E-state index contributed by atoms with van der Waals surface area (Å²) in [7, 11) is 1.27. The molecule has 0 spiro atoms. The van der Waals surface area contributed by atoms with Crippen LogP contribution in [-0.4, -0.2) is 24.0 Å². The van der Waals surface area contributed by atoms with Crippen LogP contribution < -0.4 is 5.32 Å². The number of carbonyl (C=O) groups excluding carboxylic acids is 2. The second kappa shape index (κ2) is 5.79. The molecule has 1 amide bonds. The summed E-state index contributed by atoms with van der Waals surface area (Å²) in [6.07, 6.45) is 3.23. The molecular weight excluding hydrogens is 220 g/mol. The summed E-state index contributed by atoms with van der Waals surface area (Å²) < 4.78 is 4.63. The van der Waals surface area contributed by atoms with Crippen LogP contribution in [0.3, 0.4) is 0 Å². The van der Waals surface area contributed by atoms with Crippen LogP contribution in [0.5, 0.6) is 0 Å². The van der Waals surface area contributed by atoms with Gasteiger partial charge in [-0.2, -0.15) is 0 Å². The molecule has 1 N–H and O–H groups in total. The highest BCUT2D eigenvalue weighted by Crippen LogP contribution is 2.16. The van der Waals surface area contributed by atoms with Crippen LogP contribution in [0.2, 0.25) is 0 Å². The molecule has 0 atom stereocenters. The van der Waals surface area contributed by atoms with Gasteiger partial charge in [-0.25, -0.2) is 4.79 Å². The van der Waals surface area contributed by atoms with Crippen LogP contribution in [-0.2, 0) is 14.3 Å². The lowest BCUT2D eigenvalue weighted by atomic mass is 10.1. The monoisotopic (exact) mass is 234 g/mol. The predicted molar refractivity (Wildman–Crippen MR) is 62.7 cm³/mol. The van der Waals surface area contributed by atoms with Gasteiger partial charge in [0.2, 0.25) is 5.91 Å². The number of carbonyl (C=O) groups is 2. The van der Waals surface area contributed by atoms with Crippen molar-refractivity contribution in [1.82, 2.24) is 10.3 Å². The third kappa shape index (κ3) is 3.41. The molecule has 0 unspecified atom stereocenters. The Hall–Kier alpha value is -2.17. The predicted octanol–water partition coefficient (Wildman–Crippen LogP) is 1.12. The van der Waals surface area contributed by atoms with Gasteiger partial charge >= 0.3 is 5.97 Å². The first kappa shape index (κ1) is 12.9. The Kier molecular flexibility index (Phi) is 4.39. The Morgan fingerprint density at radius 1 is 1.24 bits per heavy atom. The van der Waals surface area contributed by atoms with E-state index >= 15 is 0 Å². The number of hydrogen-bond acceptors (Lipinski definition) is 4. The van der Waals surface area contributed by atoms with Crippen molar-refractivity contribution in [3.8, 4) is 0 Å². The van der Waals surface area contributed by atoms with Crippen molar-refractivity contribution in [2.24, 2.45) is 0 Å². The van der Waals surface area contributed by atoms with Crippen LogP contribution in [0.1, 0.15) is 19.4 Å². The van der Waals surface area contributed by atoms with Crippen molar-refractivity contribution in [1.29, 1.82) is 0 Å². The molecule has 1 aromatic heterocycles. The molecule has 0 bridgehead atoms. The van der Waals surface area contributed by atoms with Crippen molar-refractivity contribution in [3.05, 3.63) is 35.8 Å². The number of nitrogens with zero attached hydrogens (tertiary/aromatic N) is 1. The van der Waals surface area contributed by atoms with Gasteiger partial charge in [0.1, 0.15) is 5.70 Å². The van der Waals surface area contributed by atoms with Crippen LogP contribution in [0.4, 0.5) is 0 Å². The van der Waals surface area contributed by atoms with Crippen molar-refractivity contribution in [2.75, 3.05) is 7.11 Å². The number of methoxy groups -OCH3 is 1. The van der Waals surface area contributed by atoms with Crippen molar-refractivity contribution >= 4 is 17.4 Å². The first-order valence-electron chi connectivity index (χ1n) is 5.03. The average Bonchev–Trinajstić information content (AvgIpc) is 2.35. The smallest absolute Gasteiger partial charge is 0.354 e. The quantitative estimate of drug-likeness (QED) is 0.628. The maximum absolute atomic E-state index is 11.6. The summed E-state index contributed by atoms with van der Waals surface area (Å²) in [5, 5.41) is 2.47. The van der Waals surface area contributed by atoms with Crippen molar-refractivity contribution in [3.63, 3.8) is 0 Å². The topological polar surface area (TPSA) is 68.3 Å². The number of hydrogen-bond donors (Lipinski definition) is 1. The Morgan fingerprint density at radius 2 is 1.82 bits per heavy atom. The van der Waals surface area contributed by atoms with Gasteiger partial charge in [0.05, 0.1) is 7.11 Å². The molecule has 0 saturated heterocycles. The highest BCUT2D eigenvalue weighted by Gasteiger charge is 2.15. The van der Waals surface area contributed by atoms with Crippen molar-refractivity contribution < 1.29 is 14.3 Å². The van der Waals surface area contributed by atoms with E-state index in [9.17, 15) is 9.59 Å². The highest BCUT2D eigenvalue weighted by molar-refractivity contribution is 6.00. The SMILES string of the molecule is COC(=O)C(NC(C)=O)=C(C)c1ccncc1. The molecule has 0 aliphatic carbocycles. The summed E-state index contributed by atoms with van der Waals surface area (Å²) in [5.41, 5.74) is 1.58. The van der Waals surface area contributed by atoms with Crippen LogP contribution in [0, 0.1) is 0 Å². The lowest BCUT2D eigenvalue weighted by molar-refractivity contribution is -0.137. The van der Waals surface area contributed by atoms with E-state index < -0.39 is 5.97 Å². The number of esters is 1. The maximum Gasteiger partial charge on any atom is 0.354 e. The first-order valence-corrected chi connectivity index (χ1v) is 5.03. The fourth-order valence-electron chi connectivity index (χ4n) is 1.32. The van der Waals surface area contributed by atoms with E-state index in [0.29, 0.717) is 5.57 Å². The van der Waals surface area contributed by atoms with Gasteiger partial charge in [-0.05, 0) is 30.2 Å². The summed E-state index contributed by atoms with van der Waals surface area (Å²) in [5.74, 6) is -0.895. The van der Waals surface area contributed by atoms with Gasteiger partial charge in [0.25, 0.3) is 0 Å². The van der Waals surface area contributed by atoms with E-state index in [4.69, 9.17) is 0 Å². The van der Waals surface area contributed by atoms with E-state index in [1.165, 1.54) is 14.0 Å². The lowest BCUT2D eigenvalue weighted by Gasteiger charge is -2.10. The zero-order valence-electron chi connectivity index (χ0n) is 9.98. The molecule has 90 valence electrons. The molecule has 5 nitrogen and oxygen atoms in total. The lowest BCUT2D eigenvalue weighted by Crippen LogP contribution is -2.26. The molecular formula is C12H14N2O3. The summed E-state index contributed by atoms with van der Waals surface area (Å²) in [4.78, 5) is 26.5. The molecule has 17 heavy (non-hydrogen) atoms. The standard InChI is InChI=1S/C12H14N2O3/c1-8(10-4-6-13-7-5-10)11(12(16)17-3)14-9(2)15/h4-7H,1-3H3,(H,14,15). The minimum Gasteiger partial charge on any atom is -0.464 e. The van der Waals surface area contributed by atoms with E-state index in [1.54, 1.807) is 31.5 Å². The second-order valence-corrected chi connectivity index (χ2v) is 3.41. The zero-order chi connectivity index (χ0) is 12.8. The van der Waals surface area contributed by atoms with Crippen LogP contribution >= 0.6 is 0 Å². The number of rotatable bonds is 3. The fraction of sp³-hybridized carbons (Fsp3) is 0.250. The first-order chi connectivity index (χ1) is 8.06. The highest BCUT2D eigenvalue weighted by atomic mass is 16.5. The van der Waals surface area contributed by atoms with Crippen LogP contribution in [0.15, 0.2) is 30.2 Å². The number of aromatic nitrogens is 1. The fourth-order valence-corrected chi connectivity index (χ4v) is 1.32. The van der Waals surface area contributed by atoms with E-state index in [1.807, 2.05) is 0 Å². The number of amides is 1. The van der Waals surface area contributed by atoms with Gasteiger partial charge in [-0.15, -0.1) is 0 Å². The maximum atomic E-state index is 11.6. The Morgan fingerprint density at radius 3 is 2.29 bits per heavy atom. The Bertz CT molecular complexity index is 452.